The molecule has 0 spiro atoms. The monoisotopic (exact) mass is 248 g/mol. The normalized spacial score (nSPS) is 24.1. The Hall–Kier alpha value is -0.760. The molecule has 2 rings (SSSR count). The Morgan fingerprint density at radius 2 is 1.94 bits per heavy atom. The average molecular weight is 248 g/mol. The molecule has 0 saturated heterocycles. The van der Waals surface area contributed by atoms with Gasteiger partial charge in [0, 0.05) is 23.5 Å². The van der Waals surface area contributed by atoms with Gasteiger partial charge in [0.15, 0.2) is 0 Å². The lowest BCUT2D eigenvalue weighted by Gasteiger charge is -2.36. The molecule has 2 unspecified atom stereocenters. The quantitative estimate of drug-likeness (QED) is 0.843. The SMILES string of the molecule is Cc1cc2c(n1C(C)C(C)C)CC(C)(C)CC2N. The number of aryl methyl sites for hydroxylation is 1. The number of fused-ring (bicyclic) bond motifs is 1. The van der Waals surface area contributed by atoms with Gasteiger partial charge in [0.05, 0.1) is 0 Å². The van der Waals surface area contributed by atoms with Crippen LogP contribution in [0.5, 0.6) is 0 Å². The second-order valence-electron chi connectivity index (χ2n) is 7.19. The molecular weight excluding hydrogens is 220 g/mol. The number of nitrogens with two attached hydrogens (primary N) is 1. The van der Waals surface area contributed by atoms with Crippen molar-refractivity contribution >= 4 is 0 Å². The number of rotatable bonds is 2. The van der Waals surface area contributed by atoms with E-state index < -0.39 is 0 Å². The van der Waals surface area contributed by atoms with Crippen molar-refractivity contribution < 1.29 is 0 Å². The van der Waals surface area contributed by atoms with E-state index in [9.17, 15) is 0 Å². The van der Waals surface area contributed by atoms with Crippen molar-refractivity contribution in [2.45, 2.75) is 66.5 Å². The molecule has 1 aliphatic carbocycles. The summed E-state index contributed by atoms with van der Waals surface area (Å²) in [5.41, 5.74) is 10.9. The highest BCUT2D eigenvalue weighted by Crippen LogP contribution is 2.42. The van der Waals surface area contributed by atoms with Crippen molar-refractivity contribution in [1.29, 1.82) is 0 Å². The van der Waals surface area contributed by atoms with Crippen molar-refractivity contribution in [2.24, 2.45) is 17.1 Å². The fourth-order valence-electron chi connectivity index (χ4n) is 3.33. The predicted molar refractivity (Wildman–Crippen MR) is 77.7 cm³/mol. The predicted octanol–water partition coefficient (Wildman–Crippen LogP) is 3.99. The first-order chi connectivity index (χ1) is 8.23. The Labute approximate surface area is 112 Å². The second kappa shape index (κ2) is 4.41. The first kappa shape index (κ1) is 13.7. The van der Waals surface area contributed by atoms with Crippen LogP contribution in [-0.4, -0.2) is 4.57 Å². The average Bonchev–Trinajstić information content (AvgIpc) is 2.52. The van der Waals surface area contributed by atoms with Gasteiger partial charge in [-0.15, -0.1) is 0 Å². The smallest absolute Gasteiger partial charge is 0.0330 e. The highest BCUT2D eigenvalue weighted by Gasteiger charge is 2.34. The third-order valence-electron chi connectivity index (χ3n) is 4.56. The van der Waals surface area contributed by atoms with E-state index in [1.165, 1.54) is 17.0 Å². The van der Waals surface area contributed by atoms with Crippen molar-refractivity contribution in [2.75, 3.05) is 0 Å². The maximum absolute atomic E-state index is 6.37. The molecule has 0 amide bonds. The molecule has 0 saturated carbocycles. The van der Waals surface area contributed by atoms with Crippen molar-refractivity contribution in [1.82, 2.24) is 4.57 Å². The second-order valence-corrected chi connectivity index (χ2v) is 7.19. The lowest BCUT2D eigenvalue weighted by atomic mass is 9.74. The summed E-state index contributed by atoms with van der Waals surface area (Å²) in [5, 5.41) is 0. The van der Waals surface area contributed by atoms with Gasteiger partial charge < -0.3 is 10.3 Å². The summed E-state index contributed by atoms with van der Waals surface area (Å²) in [7, 11) is 0. The van der Waals surface area contributed by atoms with Gasteiger partial charge in [-0.2, -0.15) is 0 Å². The van der Waals surface area contributed by atoms with Crippen LogP contribution in [0.15, 0.2) is 6.07 Å². The van der Waals surface area contributed by atoms with Crippen LogP contribution < -0.4 is 5.73 Å². The third-order valence-corrected chi connectivity index (χ3v) is 4.56. The minimum absolute atomic E-state index is 0.211. The Kier molecular flexibility index (Phi) is 3.35. The third kappa shape index (κ3) is 2.23. The Morgan fingerprint density at radius 3 is 2.50 bits per heavy atom. The van der Waals surface area contributed by atoms with Gasteiger partial charge in [-0.25, -0.2) is 0 Å². The first-order valence-corrected chi connectivity index (χ1v) is 7.19. The summed E-state index contributed by atoms with van der Waals surface area (Å²) in [6.07, 6.45) is 2.25. The summed E-state index contributed by atoms with van der Waals surface area (Å²) in [6, 6.07) is 3.08. The van der Waals surface area contributed by atoms with Crippen LogP contribution in [0.25, 0.3) is 0 Å². The van der Waals surface area contributed by atoms with Gasteiger partial charge in [-0.1, -0.05) is 27.7 Å². The van der Waals surface area contributed by atoms with Crippen LogP contribution in [0.3, 0.4) is 0 Å². The van der Waals surface area contributed by atoms with Gasteiger partial charge in [-0.05, 0) is 49.7 Å². The summed E-state index contributed by atoms with van der Waals surface area (Å²) >= 11 is 0. The molecule has 1 aromatic rings. The molecule has 0 fully saturated rings. The van der Waals surface area contributed by atoms with Crippen LogP contribution >= 0.6 is 0 Å². The number of nitrogens with zero attached hydrogens (tertiary/aromatic N) is 1. The van der Waals surface area contributed by atoms with Gasteiger partial charge in [0.1, 0.15) is 0 Å². The topological polar surface area (TPSA) is 30.9 Å². The molecule has 0 bridgehead atoms. The van der Waals surface area contributed by atoms with Crippen molar-refractivity contribution in [3.05, 3.63) is 23.0 Å². The van der Waals surface area contributed by atoms with Crippen molar-refractivity contribution in [3.63, 3.8) is 0 Å². The number of aromatic nitrogens is 1. The Bertz CT molecular complexity index is 440. The minimum Gasteiger partial charge on any atom is -0.346 e. The highest BCUT2D eigenvalue weighted by atomic mass is 15.0. The molecule has 18 heavy (non-hydrogen) atoms. The highest BCUT2D eigenvalue weighted by molar-refractivity contribution is 5.34. The fourth-order valence-corrected chi connectivity index (χ4v) is 3.33. The standard InChI is InChI=1S/C16H28N2/c1-10(2)12(4)18-11(3)7-13-14(17)8-16(5,6)9-15(13)18/h7,10,12,14H,8-9,17H2,1-6H3. The zero-order valence-electron chi connectivity index (χ0n) is 12.7. The minimum atomic E-state index is 0.211. The summed E-state index contributed by atoms with van der Waals surface area (Å²) in [5.74, 6) is 0.654. The van der Waals surface area contributed by atoms with E-state index in [-0.39, 0.29) is 6.04 Å². The molecule has 2 atom stereocenters. The number of hydrogen-bond donors (Lipinski definition) is 1. The molecule has 2 heteroatoms. The van der Waals surface area contributed by atoms with Crippen LogP contribution in [0.2, 0.25) is 0 Å². The summed E-state index contributed by atoms with van der Waals surface area (Å²) in [4.78, 5) is 0. The molecule has 1 heterocycles. The van der Waals surface area contributed by atoms with E-state index in [0.29, 0.717) is 17.4 Å². The summed E-state index contributed by atoms with van der Waals surface area (Å²) < 4.78 is 2.53. The van der Waals surface area contributed by atoms with Gasteiger partial charge in [0.25, 0.3) is 0 Å². The van der Waals surface area contributed by atoms with E-state index in [4.69, 9.17) is 5.73 Å². The zero-order chi connectivity index (χ0) is 13.7. The van der Waals surface area contributed by atoms with E-state index in [2.05, 4.69) is 52.2 Å². The molecule has 1 aromatic heterocycles. The summed E-state index contributed by atoms with van der Waals surface area (Å²) in [6.45, 7) is 13.8. The Morgan fingerprint density at radius 1 is 1.33 bits per heavy atom. The van der Waals surface area contributed by atoms with Crippen LogP contribution in [-0.2, 0) is 6.42 Å². The Balaban J connectivity index is 2.51. The number of hydrogen-bond acceptors (Lipinski definition) is 1. The lowest BCUT2D eigenvalue weighted by molar-refractivity contribution is 0.266. The lowest BCUT2D eigenvalue weighted by Crippen LogP contribution is -2.31. The first-order valence-electron chi connectivity index (χ1n) is 7.19. The molecule has 0 aliphatic heterocycles. The van der Waals surface area contributed by atoms with E-state index >= 15 is 0 Å². The molecule has 1 aliphatic rings. The molecule has 0 radical (unpaired) electrons. The van der Waals surface area contributed by atoms with Crippen LogP contribution in [0.1, 0.15) is 70.1 Å². The van der Waals surface area contributed by atoms with Gasteiger partial charge >= 0.3 is 0 Å². The molecule has 2 nitrogen and oxygen atoms in total. The largest absolute Gasteiger partial charge is 0.346 e. The maximum Gasteiger partial charge on any atom is 0.0330 e. The fraction of sp³-hybridized carbons (Fsp3) is 0.750. The molecule has 2 N–H and O–H groups in total. The van der Waals surface area contributed by atoms with Crippen LogP contribution in [0, 0.1) is 18.3 Å². The van der Waals surface area contributed by atoms with Crippen LogP contribution in [0.4, 0.5) is 0 Å². The van der Waals surface area contributed by atoms with E-state index in [0.717, 1.165) is 12.8 Å². The van der Waals surface area contributed by atoms with Crippen molar-refractivity contribution in [3.8, 4) is 0 Å². The zero-order valence-corrected chi connectivity index (χ0v) is 12.7. The maximum atomic E-state index is 6.37. The van der Waals surface area contributed by atoms with E-state index in [1.807, 2.05) is 0 Å². The van der Waals surface area contributed by atoms with Gasteiger partial charge in [-0.3, -0.25) is 0 Å². The molecule has 0 aromatic carbocycles. The molecular formula is C16H28N2. The molecule has 102 valence electrons. The van der Waals surface area contributed by atoms with E-state index in [1.54, 1.807) is 0 Å². The van der Waals surface area contributed by atoms with Gasteiger partial charge in [0.2, 0.25) is 0 Å².